The van der Waals surface area contributed by atoms with Crippen molar-refractivity contribution in [3.8, 4) is 17.1 Å². The van der Waals surface area contributed by atoms with Crippen LogP contribution in [0.3, 0.4) is 0 Å². The molecule has 0 N–H and O–H groups in total. The molecular formula is C41H23BN4. The van der Waals surface area contributed by atoms with Gasteiger partial charge in [0, 0.05) is 61.8 Å². The molecule has 46 heavy (non-hydrogen) atoms. The molecule has 0 unspecified atom stereocenters. The first-order valence-corrected chi connectivity index (χ1v) is 15.9. The van der Waals surface area contributed by atoms with Crippen LogP contribution in [0.25, 0.3) is 82.5 Å². The Morgan fingerprint density at radius 3 is 1.78 bits per heavy atom. The van der Waals surface area contributed by atoms with Crippen LogP contribution in [-0.2, 0) is 0 Å². The zero-order chi connectivity index (χ0) is 29.7. The monoisotopic (exact) mass is 582 g/mol. The van der Waals surface area contributed by atoms with Crippen molar-refractivity contribution in [1.82, 2.24) is 18.7 Å². The summed E-state index contributed by atoms with van der Waals surface area (Å²) < 4.78 is 7.51. The first-order chi connectivity index (χ1) is 22.9. The zero-order valence-electron chi connectivity index (χ0n) is 24.6. The third-order valence-corrected chi connectivity index (χ3v) is 10.7. The molecule has 0 bridgehead atoms. The molecule has 2 aliphatic heterocycles. The number of hydrogen-bond donors (Lipinski definition) is 0. The van der Waals surface area contributed by atoms with Gasteiger partial charge in [0.1, 0.15) is 0 Å². The summed E-state index contributed by atoms with van der Waals surface area (Å²) in [7, 11) is 0. The van der Waals surface area contributed by atoms with Crippen LogP contribution < -0.4 is 16.4 Å². The van der Waals surface area contributed by atoms with E-state index in [0.29, 0.717) is 0 Å². The van der Waals surface area contributed by atoms with Crippen LogP contribution in [0.5, 0.6) is 0 Å². The lowest BCUT2D eigenvalue weighted by molar-refractivity contribution is 1.14. The van der Waals surface area contributed by atoms with Gasteiger partial charge in [0.15, 0.2) is 0 Å². The van der Waals surface area contributed by atoms with Gasteiger partial charge in [-0.3, -0.25) is 4.98 Å². The Morgan fingerprint density at radius 1 is 0.435 bits per heavy atom. The lowest BCUT2D eigenvalue weighted by Crippen LogP contribution is -2.59. The van der Waals surface area contributed by atoms with Gasteiger partial charge in [-0.2, -0.15) is 0 Å². The van der Waals surface area contributed by atoms with Crippen LogP contribution in [0.15, 0.2) is 140 Å². The lowest BCUT2D eigenvalue weighted by Gasteiger charge is -2.33. The van der Waals surface area contributed by atoms with Gasteiger partial charge in [-0.15, -0.1) is 0 Å². The van der Waals surface area contributed by atoms with Gasteiger partial charge in [-0.05, 0) is 64.9 Å². The molecule has 0 amide bonds. The normalized spacial score (nSPS) is 13.2. The summed E-state index contributed by atoms with van der Waals surface area (Å²) in [6.07, 6.45) is 4.20. The number of para-hydroxylation sites is 4. The van der Waals surface area contributed by atoms with Crippen molar-refractivity contribution in [2.75, 3.05) is 0 Å². The van der Waals surface area contributed by atoms with E-state index in [-0.39, 0.29) is 6.71 Å². The molecule has 210 valence electrons. The van der Waals surface area contributed by atoms with Gasteiger partial charge >= 0.3 is 0 Å². The highest BCUT2D eigenvalue weighted by atomic mass is 15.0. The maximum Gasteiger partial charge on any atom is 0.255 e. The Balaban J connectivity index is 1.39. The zero-order valence-corrected chi connectivity index (χ0v) is 24.6. The highest BCUT2D eigenvalue weighted by Crippen LogP contribution is 2.42. The van der Waals surface area contributed by atoms with Gasteiger partial charge in [0.2, 0.25) is 0 Å². The van der Waals surface area contributed by atoms with Crippen molar-refractivity contribution >= 4 is 88.5 Å². The molecule has 0 saturated heterocycles. The molecule has 6 aromatic carbocycles. The largest absolute Gasteiger partial charge is 0.310 e. The summed E-state index contributed by atoms with van der Waals surface area (Å²) in [6, 6.07) is 46.8. The maximum atomic E-state index is 4.94. The number of nitrogens with zero attached hydrogens (tertiary/aromatic N) is 4. The van der Waals surface area contributed by atoms with Crippen molar-refractivity contribution in [3.63, 3.8) is 0 Å². The highest BCUT2D eigenvalue weighted by molar-refractivity contribution is 7.01. The summed E-state index contributed by atoms with van der Waals surface area (Å²) in [6.45, 7) is 0.0252. The number of aromatic nitrogens is 4. The van der Waals surface area contributed by atoms with Gasteiger partial charge in [0.25, 0.3) is 6.71 Å². The molecule has 4 nitrogen and oxygen atoms in total. The minimum Gasteiger partial charge on any atom is -0.310 e. The van der Waals surface area contributed by atoms with Gasteiger partial charge in [0.05, 0.1) is 33.1 Å². The second-order valence-electron chi connectivity index (χ2n) is 12.7. The van der Waals surface area contributed by atoms with Crippen molar-refractivity contribution in [2.45, 2.75) is 0 Å². The van der Waals surface area contributed by atoms with Gasteiger partial charge in [-0.25, -0.2) is 0 Å². The quantitative estimate of drug-likeness (QED) is 0.184. The van der Waals surface area contributed by atoms with E-state index in [1.807, 2.05) is 0 Å². The van der Waals surface area contributed by atoms with Crippen LogP contribution in [0.4, 0.5) is 0 Å². The SMILES string of the molecule is c1ccc(-n2c3ccccc3c3c4c5c(cc32)c2ccccc2n5-c2cccc3c2B4c2cncc4c5ccccc5n-3c24)cc1. The maximum absolute atomic E-state index is 4.94. The Bertz CT molecular complexity index is 2980. The first kappa shape index (κ1) is 23.3. The van der Waals surface area contributed by atoms with E-state index in [9.17, 15) is 0 Å². The van der Waals surface area contributed by atoms with E-state index < -0.39 is 0 Å². The molecule has 0 spiro atoms. The molecule has 0 radical (unpaired) electrons. The minimum absolute atomic E-state index is 0.0252. The van der Waals surface area contributed by atoms with E-state index in [4.69, 9.17) is 4.98 Å². The fourth-order valence-corrected chi connectivity index (χ4v) is 9.07. The smallest absolute Gasteiger partial charge is 0.255 e. The molecule has 6 heterocycles. The molecule has 10 aromatic rings. The van der Waals surface area contributed by atoms with Gasteiger partial charge in [-0.1, -0.05) is 78.9 Å². The number of fused-ring (bicyclic) bond motifs is 14. The molecule has 5 heteroatoms. The van der Waals surface area contributed by atoms with Crippen LogP contribution in [0.2, 0.25) is 0 Å². The van der Waals surface area contributed by atoms with E-state index in [2.05, 4.69) is 153 Å². The molecule has 0 fully saturated rings. The Kier molecular flexibility index (Phi) is 4.03. The fraction of sp³-hybridized carbons (Fsp3) is 0. The number of benzene rings is 6. The van der Waals surface area contributed by atoms with Crippen LogP contribution in [-0.4, -0.2) is 25.4 Å². The minimum atomic E-state index is 0.0252. The Morgan fingerprint density at radius 2 is 1.04 bits per heavy atom. The van der Waals surface area contributed by atoms with Crippen LogP contribution in [0, 0.1) is 0 Å². The second kappa shape index (κ2) is 7.95. The second-order valence-corrected chi connectivity index (χ2v) is 12.7. The number of rotatable bonds is 1. The highest BCUT2D eigenvalue weighted by Gasteiger charge is 2.42. The number of hydrogen-bond acceptors (Lipinski definition) is 1. The predicted octanol–water partition coefficient (Wildman–Crippen LogP) is 7.52. The average Bonchev–Trinajstić information content (AvgIpc) is 3.75. The van der Waals surface area contributed by atoms with Crippen molar-refractivity contribution < 1.29 is 0 Å². The summed E-state index contributed by atoms with van der Waals surface area (Å²) in [5.41, 5.74) is 15.2. The van der Waals surface area contributed by atoms with Crippen molar-refractivity contribution in [2.24, 2.45) is 0 Å². The molecule has 12 rings (SSSR count). The van der Waals surface area contributed by atoms with Crippen molar-refractivity contribution in [3.05, 3.63) is 140 Å². The molecule has 0 atom stereocenters. The lowest BCUT2D eigenvalue weighted by atomic mass is 9.34. The number of pyridine rings is 1. The molecule has 0 saturated carbocycles. The standard InChI is InChI=1S/C41H23BN4/c1-2-11-24(12-3-1)44-33-18-9-6-15-27(33)37-36(44)21-28-25-13-4-7-16-31(25)46-35-20-10-19-34-38(35)42(39(37)41(28)46)30-23-43-22-29-26-14-5-8-17-32(26)45(34)40(29)30/h1-23H. The topological polar surface area (TPSA) is 27.7 Å². The summed E-state index contributed by atoms with van der Waals surface area (Å²) in [5, 5.41) is 7.64. The molecule has 4 aromatic heterocycles. The molecular weight excluding hydrogens is 559 g/mol. The summed E-state index contributed by atoms with van der Waals surface area (Å²) in [5.74, 6) is 0. The van der Waals surface area contributed by atoms with Gasteiger partial charge < -0.3 is 13.7 Å². The predicted molar refractivity (Wildman–Crippen MR) is 192 cm³/mol. The third-order valence-electron chi connectivity index (χ3n) is 10.7. The van der Waals surface area contributed by atoms with E-state index >= 15 is 0 Å². The average molecular weight is 582 g/mol. The van der Waals surface area contributed by atoms with Crippen molar-refractivity contribution in [1.29, 1.82) is 0 Å². The molecule has 2 aliphatic rings. The first-order valence-electron chi connectivity index (χ1n) is 15.9. The molecule has 0 aliphatic carbocycles. The van der Waals surface area contributed by atoms with E-state index in [1.165, 1.54) is 98.9 Å². The third kappa shape index (κ3) is 2.53. The summed E-state index contributed by atoms with van der Waals surface area (Å²) >= 11 is 0. The van der Waals surface area contributed by atoms with E-state index in [0.717, 1.165) is 0 Å². The summed E-state index contributed by atoms with van der Waals surface area (Å²) in [4.78, 5) is 4.94. The van der Waals surface area contributed by atoms with Crippen LogP contribution in [0.1, 0.15) is 0 Å². The van der Waals surface area contributed by atoms with E-state index in [1.54, 1.807) is 0 Å². The Hall–Kier alpha value is -6.07. The van der Waals surface area contributed by atoms with Crippen LogP contribution >= 0.6 is 0 Å². The fourth-order valence-electron chi connectivity index (χ4n) is 9.07. The Labute approximate surface area is 263 Å².